The number of carbonyl (C=O) groups is 1. The molecule has 0 bridgehead atoms. The van der Waals surface area contributed by atoms with E-state index in [2.05, 4.69) is 53.2 Å². The first-order valence-corrected chi connectivity index (χ1v) is 14.1. The van der Waals surface area contributed by atoms with Gasteiger partial charge in [-0.25, -0.2) is 4.98 Å². The van der Waals surface area contributed by atoms with E-state index in [-0.39, 0.29) is 17.9 Å². The molecule has 6 nitrogen and oxygen atoms in total. The fourth-order valence-electron chi connectivity index (χ4n) is 6.35. The van der Waals surface area contributed by atoms with Crippen molar-refractivity contribution in [3.63, 3.8) is 0 Å². The van der Waals surface area contributed by atoms with Crippen LogP contribution in [0, 0.1) is 18.8 Å². The van der Waals surface area contributed by atoms with Gasteiger partial charge in [-0.1, -0.05) is 24.3 Å². The first kappa shape index (κ1) is 26.5. The summed E-state index contributed by atoms with van der Waals surface area (Å²) in [6, 6.07) is 14.9. The smallest absolute Gasteiger partial charge is 0.230 e. The van der Waals surface area contributed by atoms with Gasteiger partial charge < -0.3 is 19.3 Å². The number of carbonyl (C=O) groups excluding carboxylic acids is 1. The van der Waals surface area contributed by atoms with Crippen molar-refractivity contribution in [3.8, 4) is 17.0 Å². The number of methoxy groups -OCH3 is 1. The highest BCUT2D eigenvalue weighted by Gasteiger charge is 2.32. The van der Waals surface area contributed by atoms with Gasteiger partial charge >= 0.3 is 0 Å². The number of anilines is 1. The Hall–Kier alpha value is -3.12. The maximum atomic E-state index is 13.9. The SMILES string of the molecule is COc1ccc(C2CCC(CN(C(=O)C3CCC(O)CC3)c3cccc(-c4cn(C)cn4)c3)CC2)cc1C. The summed E-state index contributed by atoms with van der Waals surface area (Å²) < 4.78 is 7.40. The number of aryl methyl sites for hydroxylation is 2. The number of hydrogen-bond acceptors (Lipinski definition) is 4. The average Bonchev–Trinajstić information content (AvgIpc) is 3.38. The molecule has 0 radical (unpaired) electrons. The first-order valence-electron chi connectivity index (χ1n) is 14.1. The van der Waals surface area contributed by atoms with Crippen LogP contribution in [0.15, 0.2) is 55.0 Å². The number of aromatic nitrogens is 2. The molecule has 0 spiro atoms. The zero-order chi connectivity index (χ0) is 26.6. The van der Waals surface area contributed by atoms with E-state index in [4.69, 9.17) is 4.74 Å². The molecule has 2 aliphatic carbocycles. The Labute approximate surface area is 226 Å². The van der Waals surface area contributed by atoms with Crippen molar-refractivity contribution >= 4 is 11.6 Å². The molecule has 1 aromatic heterocycles. The molecule has 0 aliphatic heterocycles. The molecule has 0 saturated heterocycles. The van der Waals surface area contributed by atoms with Crippen LogP contribution in [0.1, 0.15) is 68.4 Å². The molecule has 202 valence electrons. The third-order valence-electron chi connectivity index (χ3n) is 8.65. The number of aliphatic hydroxyl groups excluding tert-OH is 1. The van der Waals surface area contributed by atoms with E-state index >= 15 is 0 Å². The monoisotopic (exact) mass is 515 g/mol. The van der Waals surface area contributed by atoms with Crippen LogP contribution in [0.2, 0.25) is 0 Å². The van der Waals surface area contributed by atoms with Crippen molar-refractivity contribution in [3.05, 3.63) is 66.1 Å². The molecule has 5 rings (SSSR count). The van der Waals surface area contributed by atoms with Gasteiger partial charge in [-0.3, -0.25) is 4.79 Å². The summed E-state index contributed by atoms with van der Waals surface area (Å²) in [6.07, 6.45) is 11.0. The second-order valence-corrected chi connectivity index (χ2v) is 11.4. The van der Waals surface area contributed by atoms with Crippen LogP contribution in [-0.4, -0.2) is 40.3 Å². The molecule has 0 atom stereocenters. The van der Waals surface area contributed by atoms with Crippen LogP contribution in [0.5, 0.6) is 5.75 Å². The van der Waals surface area contributed by atoms with Gasteiger partial charge in [0.05, 0.1) is 25.2 Å². The maximum absolute atomic E-state index is 13.9. The standard InChI is InChI=1S/C32H41N3O3/c1-22-17-26(13-16-31(22)38-3)24-9-7-23(8-10-24)19-35(32(37)25-11-14-29(36)15-12-25)28-6-4-5-27(18-28)30-20-34(2)21-33-30/h4-6,13,16-18,20-21,23-25,29,36H,7-12,14-15,19H2,1-3H3. The zero-order valence-corrected chi connectivity index (χ0v) is 23.0. The van der Waals surface area contributed by atoms with Crippen LogP contribution < -0.4 is 9.64 Å². The van der Waals surface area contributed by atoms with E-state index in [0.29, 0.717) is 24.7 Å². The summed E-state index contributed by atoms with van der Waals surface area (Å²) >= 11 is 0. The Morgan fingerprint density at radius 2 is 1.82 bits per heavy atom. The number of benzene rings is 2. The topological polar surface area (TPSA) is 67.6 Å². The van der Waals surface area contributed by atoms with E-state index in [1.54, 1.807) is 13.4 Å². The Kier molecular flexibility index (Phi) is 8.18. The molecule has 2 aliphatic rings. The predicted molar refractivity (Wildman–Crippen MR) is 151 cm³/mol. The molecule has 0 unspecified atom stereocenters. The highest BCUT2D eigenvalue weighted by Crippen LogP contribution is 2.39. The quantitative estimate of drug-likeness (QED) is 0.403. The summed E-state index contributed by atoms with van der Waals surface area (Å²) in [7, 11) is 3.69. The van der Waals surface area contributed by atoms with Crippen LogP contribution in [0.3, 0.4) is 0 Å². The number of imidazole rings is 1. The number of amides is 1. The molecular weight excluding hydrogens is 474 g/mol. The predicted octanol–water partition coefficient (Wildman–Crippen LogP) is 6.26. The lowest BCUT2D eigenvalue weighted by molar-refractivity contribution is -0.124. The lowest BCUT2D eigenvalue weighted by Crippen LogP contribution is -2.41. The van der Waals surface area contributed by atoms with Gasteiger partial charge in [0.15, 0.2) is 0 Å². The number of nitrogens with zero attached hydrogens (tertiary/aromatic N) is 3. The fourth-order valence-corrected chi connectivity index (χ4v) is 6.35. The fraction of sp³-hybridized carbons (Fsp3) is 0.500. The molecule has 6 heteroatoms. The van der Waals surface area contributed by atoms with Gasteiger partial charge in [0.25, 0.3) is 0 Å². The van der Waals surface area contributed by atoms with Gasteiger partial charge in [-0.2, -0.15) is 0 Å². The Morgan fingerprint density at radius 3 is 2.47 bits per heavy atom. The number of rotatable bonds is 7. The largest absolute Gasteiger partial charge is 0.496 e. The van der Waals surface area contributed by atoms with Crippen LogP contribution >= 0.6 is 0 Å². The van der Waals surface area contributed by atoms with E-state index in [9.17, 15) is 9.90 Å². The summed E-state index contributed by atoms with van der Waals surface area (Å²) in [5.41, 5.74) is 5.49. The second kappa shape index (κ2) is 11.7. The van der Waals surface area contributed by atoms with Gasteiger partial charge in [-0.05, 0) is 99.5 Å². The van der Waals surface area contributed by atoms with Crippen LogP contribution in [0.4, 0.5) is 5.69 Å². The van der Waals surface area contributed by atoms with Gasteiger partial charge in [0.1, 0.15) is 5.75 Å². The Bertz CT molecular complexity index is 1240. The number of hydrogen-bond donors (Lipinski definition) is 1. The van der Waals surface area contributed by atoms with Gasteiger partial charge in [0, 0.05) is 37.0 Å². The van der Waals surface area contributed by atoms with Crippen molar-refractivity contribution in [2.75, 3.05) is 18.6 Å². The average molecular weight is 516 g/mol. The highest BCUT2D eigenvalue weighted by molar-refractivity contribution is 5.95. The molecular formula is C32H41N3O3. The molecule has 1 N–H and O–H groups in total. The van der Waals surface area contributed by atoms with Crippen LogP contribution in [0.25, 0.3) is 11.3 Å². The van der Waals surface area contributed by atoms with E-state index < -0.39 is 0 Å². The molecule has 38 heavy (non-hydrogen) atoms. The van der Waals surface area contributed by atoms with Crippen molar-refractivity contribution in [1.82, 2.24) is 9.55 Å². The van der Waals surface area contributed by atoms with E-state index in [1.807, 2.05) is 23.9 Å². The third-order valence-corrected chi connectivity index (χ3v) is 8.65. The molecule has 2 fully saturated rings. The Morgan fingerprint density at radius 1 is 1.05 bits per heavy atom. The molecule has 3 aromatic rings. The number of aliphatic hydroxyl groups is 1. The summed E-state index contributed by atoms with van der Waals surface area (Å²) in [5.74, 6) is 2.17. The Balaban J connectivity index is 1.32. The van der Waals surface area contributed by atoms with Crippen molar-refractivity contribution in [2.45, 2.75) is 70.3 Å². The van der Waals surface area contributed by atoms with Gasteiger partial charge in [-0.15, -0.1) is 0 Å². The summed E-state index contributed by atoms with van der Waals surface area (Å²) in [4.78, 5) is 20.5. The summed E-state index contributed by atoms with van der Waals surface area (Å²) in [5, 5.41) is 10.0. The van der Waals surface area contributed by atoms with E-state index in [0.717, 1.165) is 67.8 Å². The maximum Gasteiger partial charge on any atom is 0.230 e. The zero-order valence-electron chi connectivity index (χ0n) is 23.0. The molecule has 1 heterocycles. The number of ether oxygens (including phenoxy) is 1. The molecule has 1 amide bonds. The van der Waals surface area contributed by atoms with Crippen molar-refractivity contribution in [2.24, 2.45) is 18.9 Å². The molecule has 2 aromatic carbocycles. The van der Waals surface area contributed by atoms with Crippen LogP contribution in [-0.2, 0) is 11.8 Å². The third kappa shape index (κ3) is 5.96. The van der Waals surface area contributed by atoms with Crippen molar-refractivity contribution < 1.29 is 14.6 Å². The molecule has 2 saturated carbocycles. The minimum absolute atomic E-state index is 0.0180. The lowest BCUT2D eigenvalue weighted by atomic mass is 9.78. The minimum atomic E-state index is -0.267. The lowest BCUT2D eigenvalue weighted by Gasteiger charge is -2.36. The van der Waals surface area contributed by atoms with E-state index in [1.165, 1.54) is 11.1 Å². The first-order chi connectivity index (χ1) is 18.4. The van der Waals surface area contributed by atoms with Gasteiger partial charge in [0.2, 0.25) is 5.91 Å². The highest BCUT2D eigenvalue weighted by atomic mass is 16.5. The normalized spacial score (nSPS) is 23.7. The minimum Gasteiger partial charge on any atom is -0.496 e. The second-order valence-electron chi connectivity index (χ2n) is 11.4. The van der Waals surface area contributed by atoms with Crippen molar-refractivity contribution in [1.29, 1.82) is 0 Å². The summed E-state index contributed by atoms with van der Waals surface area (Å²) in [6.45, 7) is 2.86.